The Morgan fingerprint density at radius 3 is 2.94 bits per heavy atom. The van der Waals surface area contributed by atoms with E-state index in [1.54, 1.807) is 12.1 Å². The summed E-state index contributed by atoms with van der Waals surface area (Å²) in [6.45, 7) is 1.42. The van der Waals surface area contributed by atoms with Gasteiger partial charge in [-0.2, -0.15) is 0 Å². The predicted octanol–water partition coefficient (Wildman–Crippen LogP) is 1.66. The van der Waals surface area contributed by atoms with Gasteiger partial charge >= 0.3 is 0 Å². The summed E-state index contributed by atoms with van der Waals surface area (Å²) in [6, 6.07) is 7.24. The Morgan fingerprint density at radius 1 is 1.41 bits per heavy atom. The van der Waals surface area contributed by atoms with E-state index in [1.165, 1.54) is 4.57 Å². The standard InChI is InChI=1S/C12H14ClN3O/c1-14-7-4-8-16-11(17)9-5-2-3-6-10(9)15-12(16)13/h2-3,5-6,14H,4,7-8H2,1H3. The molecule has 0 amide bonds. The molecule has 5 heteroatoms. The van der Waals surface area contributed by atoms with E-state index >= 15 is 0 Å². The van der Waals surface area contributed by atoms with Gasteiger partial charge in [-0.25, -0.2) is 4.98 Å². The van der Waals surface area contributed by atoms with E-state index in [2.05, 4.69) is 10.3 Å². The highest BCUT2D eigenvalue weighted by atomic mass is 35.5. The molecule has 1 N–H and O–H groups in total. The van der Waals surface area contributed by atoms with Gasteiger partial charge in [-0.05, 0) is 43.7 Å². The minimum atomic E-state index is -0.0725. The first kappa shape index (κ1) is 12.1. The molecule has 0 radical (unpaired) electrons. The number of rotatable bonds is 4. The van der Waals surface area contributed by atoms with Crippen LogP contribution in [0.25, 0.3) is 10.9 Å². The summed E-state index contributed by atoms with van der Waals surface area (Å²) >= 11 is 6.02. The molecule has 90 valence electrons. The molecule has 0 atom stereocenters. The van der Waals surface area contributed by atoms with E-state index in [-0.39, 0.29) is 10.8 Å². The first-order valence-electron chi connectivity index (χ1n) is 5.53. The fourth-order valence-corrected chi connectivity index (χ4v) is 2.00. The molecule has 4 nitrogen and oxygen atoms in total. The average molecular weight is 252 g/mol. The van der Waals surface area contributed by atoms with Crippen LogP contribution in [0, 0.1) is 0 Å². The topological polar surface area (TPSA) is 46.9 Å². The zero-order chi connectivity index (χ0) is 12.3. The molecule has 0 aliphatic rings. The van der Waals surface area contributed by atoms with E-state index in [1.807, 2.05) is 19.2 Å². The van der Waals surface area contributed by atoms with Gasteiger partial charge in [-0.1, -0.05) is 12.1 Å². The number of hydrogen-bond acceptors (Lipinski definition) is 3. The lowest BCUT2D eigenvalue weighted by Crippen LogP contribution is -2.24. The zero-order valence-corrected chi connectivity index (χ0v) is 10.4. The number of para-hydroxylation sites is 1. The van der Waals surface area contributed by atoms with Gasteiger partial charge in [-0.3, -0.25) is 9.36 Å². The van der Waals surface area contributed by atoms with Crippen molar-refractivity contribution in [2.45, 2.75) is 13.0 Å². The second kappa shape index (κ2) is 5.29. The molecule has 0 spiro atoms. The number of benzene rings is 1. The smallest absolute Gasteiger partial charge is 0.262 e. The normalized spacial score (nSPS) is 10.9. The molecule has 17 heavy (non-hydrogen) atoms. The highest BCUT2D eigenvalue weighted by Gasteiger charge is 2.07. The van der Waals surface area contributed by atoms with Crippen LogP contribution in [0.2, 0.25) is 5.28 Å². The molecule has 0 aliphatic heterocycles. The highest BCUT2D eigenvalue weighted by molar-refractivity contribution is 6.28. The van der Waals surface area contributed by atoms with Crippen LogP contribution in [-0.2, 0) is 6.54 Å². The summed E-state index contributed by atoms with van der Waals surface area (Å²) in [5.74, 6) is 0. The van der Waals surface area contributed by atoms with Crippen molar-refractivity contribution in [3.8, 4) is 0 Å². The maximum Gasteiger partial charge on any atom is 0.262 e. The molecule has 0 unspecified atom stereocenters. The third-order valence-corrected chi connectivity index (χ3v) is 2.91. The monoisotopic (exact) mass is 251 g/mol. The quantitative estimate of drug-likeness (QED) is 0.664. The van der Waals surface area contributed by atoms with Gasteiger partial charge in [0.25, 0.3) is 5.56 Å². The van der Waals surface area contributed by atoms with Crippen molar-refractivity contribution in [1.82, 2.24) is 14.9 Å². The number of fused-ring (bicyclic) bond motifs is 1. The zero-order valence-electron chi connectivity index (χ0n) is 9.61. The van der Waals surface area contributed by atoms with Gasteiger partial charge in [0.1, 0.15) is 0 Å². The van der Waals surface area contributed by atoms with Gasteiger partial charge < -0.3 is 5.32 Å². The van der Waals surface area contributed by atoms with Crippen LogP contribution in [0.3, 0.4) is 0 Å². The molecule has 0 saturated heterocycles. The Hall–Kier alpha value is -1.39. The number of nitrogens with zero attached hydrogens (tertiary/aromatic N) is 2. The van der Waals surface area contributed by atoms with Crippen molar-refractivity contribution in [3.05, 3.63) is 39.9 Å². The number of aromatic nitrogens is 2. The molecule has 0 aliphatic carbocycles. The van der Waals surface area contributed by atoms with E-state index in [0.29, 0.717) is 17.4 Å². The Labute approximate surface area is 104 Å². The summed E-state index contributed by atoms with van der Waals surface area (Å²) in [5.41, 5.74) is 0.573. The second-order valence-corrected chi connectivity index (χ2v) is 4.15. The first-order chi connectivity index (χ1) is 8.24. The summed E-state index contributed by atoms with van der Waals surface area (Å²) in [6.07, 6.45) is 0.843. The molecular weight excluding hydrogens is 238 g/mol. The van der Waals surface area contributed by atoms with E-state index in [9.17, 15) is 4.79 Å². The maximum absolute atomic E-state index is 12.2. The van der Waals surface area contributed by atoms with Crippen LogP contribution >= 0.6 is 11.6 Å². The molecule has 0 bridgehead atoms. The Balaban J connectivity index is 2.45. The van der Waals surface area contributed by atoms with Crippen molar-refractivity contribution in [2.24, 2.45) is 0 Å². The van der Waals surface area contributed by atoms with Gasteiger partial charge in [-0.15, -0.1) is 0 Å². The molecule has 0 fully saturated rings. The lowest BCUT2D eigenvalue weighted by atomic mass is 10.2. The molecule has 0 saturated carbocycles. The summed E-state index contributed by atoms with van der Waals surface area (Å²) in [5, 5.41) is 3.90. The van der Waals surface area contributed by atoms with Crippen molar-refractivity contribution < 1.29 is 0 Å². The second-order valence-electron chi connectivity index (χ2n) is 3.81. The molecule has 1 aromatic carbocycles. The maximum atomic E-state index is 12.2. The Bertz CT molecular complexity index is 579. The summed E-state index contributed by atoms with van der Waals surface area (Å²) in [4.78, 5) is 16.4. The van der Waals surface area contributed by atoms with Crippen LogP contribution < -0.4 is 10.9 Å². The fourth-order valence-electron chi connectivity index (χ4n) is 1.75. The lowest BCUT2D eigenvalue weighted by molar-refractivity contribution is 0.595. The third kappa shape index (κ3) is 2.48. The Kier molecular flexibility index (Phi) is 3.76. The molecular formula is C12H14ClN3O. The minimum absolute atomic E-state index is 0.0725. The van der Waals surface area contributed by atoms with Crippen molar-refractivity contribution in [2.75, 3.05) is 13.6 Å². The van der Waals surface area contributed by atoms with Crippen molar-refractivity contribution in [3.63, 3.8) is 0 Å². The van der Waals surface area contributed by atoms with Crippen LogP contribution in [0.5, 0.6) is 0 Å². The highest BCUT2D eigenvalue weighted by Crippen LogP contribution is 2.11. The average Bonchev–Trinajstić information content (AvgIpc) is 2.33. The van der Waals surface area contributed by atoms with Crippen LogP contribution in [-0.4, -0.2) is 23.1 Å². The SMILES string of the molecule is CNCCCn1c(Cl)nc2ccccc2c1=O. The van der Waals surface area contributed by atoms with Crippen LogP contribution in [0.4, 0.5) is 0 Å². The van der Waals surface area contributed by atoms with E-state index in [0.717, 1.165) is 13.0 Å². The van der Waals surface area contributed by atoms with Gasteiger partial charge in [0.2, 0.25) is 5.28 Å². The van der Waals surface area contributed by atoms with Crippen LogP contribution in [0.15, 0.2) is 29.1 Å². The van der Waals surface area contributed by atoms with Crippen molar-refractivity contribution >= 4 is 22.5 Å². The van der Waals surface area contributed by atoms with Gasteiger partial charge in [0.15, 0.2) is 0 Å². The van der Waals surface area contributed by atoms with Gasteiger partial charge in [0.05, 0.1) is 10.9 Å². The number of nitrogens with one attached hydrogen (secondary N) is 1. The summed E-state index contributed by atoms with van der Waals surface area (Å²) < 4.78 is 1.52. The predicted molar refractivity (Wildman–Crippen MR) is 69.6 cm³/mol. The molecule has 1 heterocycles. The fraction of sp³-hybridized carbons (Fsp3) is 0.333. The lowest BCUT2D eigenvalue weighted by Gasteiger charge is -2.08. The molecule has 2 aromatic rings. The first-order valence-corrected chi connectivity index (χ1v) is 5.91. The van der Waals surface area contributed by atoms with Crippen molar-refractivity contribution in [1.29, 1.82) is 0 Å². The summed E-state index contributed by atoms with van der Waals surface area (Å²) in [7, 11) is 1.88. The number of hydrogen-bond donors (Lipinski definition) is 1. The molecule has 1 aromatic heterocycles. The minimum Gasteiger partial charge on any atom is -0.320 e. The van der Waals surface area contributed by atoms with Gasteiger partial charge in [0, 0.05) is 6.54 Å². The third-order valence-electron chi connectivity index (χ3n) is 2.62. The van der Waals surface area contributed by atoms with E-state index < -0.39 is 0 Å². The van der Waals surface area contributed by atoms with E-state index in [4.69, 9.17) is 11.6 Å². The molecule has 2 rings (SSSR count). The number of halogens is 1. The largest absolute Gasteiger partial charge is 0.320 e. The van der Waals surface area contributed by atoms with Crippen LogP contribution in [0.1, 0.15) is 6.42 Å². The Morgan fingerprint density at radius 2 is 2.18 bits per heavy atom.